The molecule has 0 N–H and O–H groups in total. The van der Waals surface area contributed by atoms with Crippen molar-refractivity contribution < 1.29 is 9.47 Å². The summed E-state index contributed by atoms with van der Waals surface area (Å²) in [5.41, 5.74) is 2.86. The van der Waals surface area contributed by atoms with E-state index in [1.807, 2.05) is 10.9 Å². The standard InChI is InChI=1S/C20H30N4O2/c1-4-16-13(2)18(25-3)20(26-16)24-12-23-17-15(21-11-22-19(17)24)10-14-8-6-5-7-9-14/h11-14,16,18,20H,4-10H2,1-3H3/t13-,16-,18-,20-/m1/s1. The van der Waals surface area contributed by atoms with Crippen molar-refractivity contribution in [1.82, 2.24) is 19.5 Å². The van der Waals surface area contributed by atoms with Gasteiger partial charge in [-0.05, 0) is 18.8 Å². The van der Waals surface area contributed by atoms with Gasteiger partial charge >= 0.3 is 0 Å². The molecule has 2 fully saturated rings. The van der Waals surface area contributed by atoms with Crippen LogP contribution in [0.4, 0.5) is 0 Å². The largest absolute Gasteiger partial charge is 0.376 e. The van der Waals surface area contributed by atoms with Crippen LogP contribution >= 0.6 is 0 Å². The number of ether oxygens (including phenoxy) is 2. The maximum atomic E-state index is 6.31. The van der Waals surface area contributed by atoms with Gasteiger partial charge in [0.25, 0.3) is 0 Å². The third kappa shape index (κ3) is 3.14. The highest BCUT2D eigenvalue weighted by Gasteiger charge is 2.43. The molecule has 2 aliphatic rings. The molecule has 0 aromatic carbocycles. The van der Waals surface area contributed by atoms with Crippen LogP contribution in [-0.2, 0) is 15.9 Å². The minimum absolute atomic E-state index is 0.00843. The Labute approximate surface area is 155 Å². The second kappa shape index (κ2) is 7.61. The van der Waals surface area contributed by atoms with E-state index in [0.717, 1.165) is 35.6 Å². The molecule has 26 heavy (non-hydrogen) atoms. The Bertz CT molecular complexity index is 740. The Balaban J connectivity index is 1.64. The van der Waals surface area contributed by atoms with Crippen LogP contribution in [-0.4, -0.2) is 38.8 Å². The topological polar surface area (TPSA) is 62.1 Å². The van der Waals surface area contributed by atoms with Crippen LogP contribution in [0.1, 0.15) is 64.3 Å². The van der Waals surface area contributed by atoms with Gasteiger partial charge in [-0.1, -0.05) is 46.0 Å². The summed E-state index contributed by atoms with van der Waals surface area (Å²) in [5, 5.41) is 0. The number of methoxy groups -OCH3 is 1. The molecule has 0 unspecified atom stereocenters. The Morgan fingerprint density at radius 2 is 2.00 bits per heavy atom. The lowest BCUT2D eigenvalue weighted by Crippen LogP contribution is -2.26. The molecular formula is C20H30N4O2. The summed E-state index contributed by atoms with van der Waals surface area (Å²) in [7, 11) is 1.76. The predicted molar refractivity (Wildman–Crippen MR) is 99.8 cm³/mol. The van der Waals surface area contributed by atoms with Gasteiger partial charge in [0.2, 0.25) is 0 Å². The average Bonchev–Trinajstić information content (AvgIpc) is 3.23. The number of aromatic nitrogens is 4. The second-order valence-corrected chi connectivity index (χ2v) is 7.89. The number of nitrogens with zero attached hydrogens (tertiary/aromatic N) is 4. The third-order valence-electron chi connectivity index (χ3n) is 6.29. The number of rotatable bonds is 5. The van der Waals surface area contributed by atoms with E-state index >= 15 is 0 Å². The van der Waals surface area contributed by atoms with Crippen molar-refractivity contribution in [3.8, 4) is 0 Å². The molecule has 3 heterocycles. The van der Waals surface area contributed by atoms with Crippen LogP contribution < -0.4 is 0 Å². The van der Waals surface area contributed by atoms with Crippen molar-refractivity contribution in [3.63, 3.8) is 0 Å². The average molecular weight is 358 g/mol. The first kappa shape index (κ1) is 17.9. The first-order valence-electron chi connectivity index (χ1n) is 10.1. The summed E-state index contributed by atoms with van der Waals surface area (Å²) < 4.78 is 14.1. The number of imidazole rings is 1. The highest BCUT2D eigenvalue weighted by molar-refractivity contribution is 5.73. The Morgan fingerprint density at radius 1 is 1.19 bits per heavy atom. The molecule has 0 amide bonds. The van der Waals surface area contributed by atoms with Crippen molar-refractivity contribution in [3.05, 3.63) is 18.3 Å². The van der Waals surface area contributed by atoms with E-state index in [4.69, 9.17) is 9.47 Å². The third-order valence-corrected chi connectivity index (χ3v) is 6.29. The van der Waals surface area contributed by atoms with Crippen LogP contribution in [0.2, 0.25) is 0 Å². The van der Waals surface area contributed by atoms with E-state index in [1.54, 1.807) is 13.4 Å². The smallest absolute Gasteiger partial charge is 0.165 e. The van der Waals surface area contributed by atoms with E-state index in [-0.39, 0.29) is 18.4 Å². The van der Waals surface area contributed by atoms with Crippen molar-refractivity contribution in [2.45, 2.75) is 77.2 Å². The van der Waals surface area contributed by atoms with Crippen molar-refractivity contribution in [2.75, 3.05) is 7.11 Å². The first-order chi connectivity index (χ1) is 12.7. The molecule has 1 saturated heterocycles. The molecule has 4 atom stereocenters. The van der Waals surface area contributed by atoms with E-state index in [9.17, 15) is 0 Å². The molecule has 2 aromatic heterocycles. The van der Waals surface area contributed by atoms with Crippen LogP contribution in [0.5, 0.6) is 0 Å². The molecule has 1 aliphatic heterocycles. The monoisotopic (exact) mass is 358 g/mol. The van der Waals surface area contributed by atoms with Gasteiger partial charge in [-0.25, -0.2) is 15.0 Å². The summed E-state index contributed by atoms with van der Waals surface area (Å²) in [4.78, 5) is 13.8. The fourth-order valence-corrected chi connectivity index (χ4v) is 4.78. The highest BCUT2D eigenvalue weighted by atomic mass is 16.6. The second-order valence-electron chi connectivity index (χ2n) is 7.89. The summed E-state index contributed by atoms with van der Waals surface area (Å²) in [6.45, 7) is 4.36. The summed E-state index contributed by atoms with van der Waals surface area (Å²) in [5.74, 6) is 1.07. The maximum Gasteiger partial charge on any atom is 0.165 e. The van der Waals surface area contributed by atoms with Gasteiger partial charge in [0.05, 0.1) is 18.1 Å². The maximum absolute atomic E-state index is 6.31. The molecule has 1 saturated carbocycles. The zero-order chi connectivity index (χ0) is 18.1. The number of hydrogen-bond donors (Lipinski definition) is 0. The minimum atomic E-state index is -0.178. The minimum Gasteiger partial charge on any atom is -0.376 e. The SMILES string of the molecule is CC[C@H]1O[C@@H](n2cnc3c(CC4CCCCC4)ncnc32)[C@H](OC)[C@@H]1C. The van der Waals surface area contributed by atoms with Crippen LogP contribution in [0.25, 0.3) is 11.2 Å². The molecule has 0 radical (unpaired) electrons. The first-order valence-corrected chi connectivity index (χ1v) is 10.1. The molecule has 0 spiro atoms. The zero-order valence-corrected chi connectivity index (χ0v) is 16.1. The van der Waals surface area contributed by atoms with E-state index in [0.29, 0.717) is 5.92 Å². The normalized spacial score (nSPS) is 30.3. The van der Waals surface area contributed by atoms with Gasteiger partial charge in [0, 0.05) is 13.0 Å². The summed E-state index contributed by atoms with van der Waals surface area (Å²) >= 11 is 0. The van der Waals surface area contributed by atoms with E-state index < -0.39 is 0 Å². The van der Waals surface area contributed by atoms with Crippen molar-refractivity contribution in [1.29, 1.82) is 0 Å². The Kier molecular flexibility index (Phi) is 5.23. The molecule has 4 rings (SSSR count). The highest BCUT2D eigenvalue weighted by Crippen LogP contribution is 2.38. The fraction of sp³-hybridized carbons (Fsp3) is 0.750. The van der Waals surface area contributed by atoms with Crippen LogP contribution in [0.3, 0.4) is 0 Å². The van der Waals surface area contributed by atoms with E-state index in [1.165, 1.54) is 32.1 Å². The van der Waals surface area contributed by atoms with Gasteiger partial charge in [-0.3, -0.25) is 4.57 Å². The predicted octanol–water partition coefficient (Wildman–Crippen LogP) is 3.91. The Morgan fingerprint density at radius 3 is 2.73 bits per heavy atom. The lowest BCUT2D eigenvalue weighted by Gasteiger charge is -2.21. The van der Waals surface area contributed by atoms with Gasteiger partial charge < -0.3 is 9.47 Å². The molecule has 0 bridgehead atoms. The van der Waals surface area contributed by atoms with Crippen molar-refractivity contribution in [2.24, 2.45) is 11.8 Å². The molecule has 142 valence electrons. The molecule has 1 aliphatic carbocycles. The van der Waals surface area contributed by atoms with Gasteiger partial charge in [0.1, 0.15) is 17.9 Å². The molecule has 6 heteroatoms. The molecule has 6 nitrogen and oxygen atoms in total. The summed E-state index contributed by atoms with van der Waals surface area (Å²) in [6, 6.07) is 0. The van der Waals surface area contributed by atoms with E-state index in [2.05, 4.69) is 28.8 Å². The number of hydrogen-bond acceptors (Lipinski definition) is 5. The quantitative estimate of drug-likeness (QED) is 0.811. The lowest BCUT2D eigenvalue weighted by atomic mass is 9.86. The van der Waals surface area contributed by atoms with Gasteiger partial charge in [0.15, 0.2) is 11.9 Å². The zero-order valence-electron chi connectivity index (χ0n) is 16.1. The molecular weight excluding hydrogens is 328 g/mol. The molecule has 2 aromatic rings. The lowest BCUT2D eigenvalue weighted by molar-refractivity contribution is -0.0484. The van der Waals surface area contributed by atoms with Crippen LogP contribution in [0.15, 0.2) is 12.7 Å². The summed E-state index contributed by atoms with van der Waals surface area (Å²) in [6.07, 6.45) is 12.2. The fourth-order valence-electron chi connectivity index (χ4n) is 4.78. The Hall–Kier alpha value is -1.53. The van der Waals surface area contributed by atoms with Gasteiger partial charge in [-0.2, -0.15) is 0 Å². The number of fused-ring (bicyclic) bond motifs is 1. The van der Waals surface area contributed by atoms with Gasteiger partial charge in [-0.15, -0.1) is 0 Å². The van der Waals surface area contributed by atoms with Crippen LogP contribution in [0, 0.1) is 11.8 Å². The van der Waals surface area contributed by atoms with Crippen molar-refractivity contribution >= 4 is 11.2 Å².